The van der Waals surface area contributed by atoms with E-state index in [0.717, 1.165) is 15.8 Å². The second-order valence-electron chi connectivity index (χ2n) is 1.05. The van der Waals surface area contributed by atoms with Crippen molar-refractivity contribution < 1.29 is 9.46 Å². The highest BCUT2D eigenvalue weighted by molar-refractivity contribution is 8.01. The molecule has 0 aromatic rings. The molecule has 0 heterocycles. The first-order chi connectivity index (χ1) is 2.00. The zero-order valence-electron chi connectivity index (χ0n) is 3.01. The van der Waals surface area contributed by atoms with Gasteiger partial charge < -0.3 is 9.46 Å². The van der Waals surface area contributed by atoms with Crippen LogP contribution in [0.15, 0.2) is 0 Å². The Kier molecular flexibility index (Phi) is 1.73. The van der Waals surface area contributed by atoms with Crippen LogP contribution in [0.2, 0.25) is 0 Å². The summed E-state index contributed by atoms with van der Waals surface area (Å²) in [5.41, 5.74) is 0. The van der Waals surface area contributed by atoms with Crippen LogP contribution in [0.4, 0.5) is 0 Å². The largest absolute Gasteiger partial charge is 0.366 e. The highest BCUT2D eigenvalue weighted by Gasteiger charge is 1.92. The van der Waals surface area contributed by atoms with E-state index in [0.29, 0.717) is 0 Å². The van der Waals surface area contributed by atoms with Crippen LogP contribution in [0.5, 0.6) is 0 Å². The Morgan fingerprint density at radius 2 is 2.00 bits per heavy atom. The molecule has 0 bridgehead atoms. The minimum atomic E-state index is -2.61. The fourth-order valence-corrected chi connectivity index (χ4v) is 0. The molecule has 0 spiro atoms. The molecule has 0 aromatic carbocycles. The molecule has 0 aliphatic rings. The van der Waals surface area contributed by atoms with Crippen LogP contribution in [-0.2, 0) is 4.57 Å². The highest BCUT2D eigenvalue weighted by Crippen LogP contribution is 2.24. The molecular formula is H4AlBO2P. The van der Waals surface area contributed by atoms with Gasteiger partial charge in [0.15, 0.2) is 7.57 Å². The first-order valence-corrected chi connectivity index (χ1v) is 5.34. The zero-order chi connectivity index (χ0) is 4.50. The second-order valence-corrected chi connectivity index (χ2v) is 6.67. The Bertz CT molecular complexity index is 55.8. The average Bonchev–Trinajstić information content (AvgIpc) is 0.722. The minimum Gasteiger partial charge on any atom is -0.366 e. The average molecular weight is 105 g/mol. The number of rotatable bonds is 0. The van der Waals surface area contributed by atoms with Crippen molar-refractivity contribution in [3.05, 3.63) is 0 Å². The van der Waals surface area contributed by atoms with Crippen molar-refractivity contribution in [2.45, 2.75) is 0 Å². The number of hydrogen-bond acceptors (Lipinski definition) is 1. The molecule has 1 N–H and O–H groups in total. The van der Waals surface area contributed by atoms with Crippen LogP contribution in [0.1, 0.15) is 0 Å². The predicted molar refractivity (Wildman–Crippen MR) is 25.5 cm³/mol. The molecule has 0 aliphatic heterocycles. The zero-order valence-corrected chi connectivity index (χ0v) is 5.32. The molecule has 5 heavy (non-hydrogen) atoms. The second kappa shape index (κ2) is 1.49. The van der Waals surface area contributed by atoms with Crippen LogP contribution in [0.3, 0.4) is 0 Å². The quantitative estimate of drug-likeness (QED) is 0.304. The molecule has 27 valence electrons. The van der Waals surface area contributed by atoms with E-state index in [4.69, 9.17) is 4.89 Å². The van der Waals surface area contributed by atoms with Gasteiger partial charge in [0.25, 0.3) is 0 Å². The predicted octanol–water partition coefficient (Wildman–Crippen LogP) is -1.38. The first kappa shape index (κ1) is 5.79. The summed E-state index contributed by atoms with van der Waals surface area (Å²) in [5.74, 6) is -2.61. The van der Waals surface area contributed by atoms with E-state index in [1.165, 1.54) is 7.57 Å². The molecule has 1 atom stereocenters. The van der Waals surface area contributed by atoms with E-state index in [1.54, 1.807) is 0 Å². The van der Waals surface area contributed by atoms with Gasteiger partial charge in [-0.1, -0.05) is 0 Å². The Balaban J connectivity index is 3.47. The standard InChI is InChI=1S/Al.BH2O2P.H/c;1-4(2)3;/h;1H2;/q-1;;/p+1. The molecule has 0 amide bonds. The maximum atomic E-state index is 9.78. The minimum absolute atomic E-state index is 1.12. The summed E-state index contributed by atoms with van der Waals surface area (Å²) in [5, 5.41) is 0. The Labute approximate surface area is 39.4 Å². The van der Waals surface area contributed by atoms with Crippen molar-refractivity contribution in [1.29, 1.82) is 0 Å². The molecule has 0 rings (SSSR count). The molecule has 0 saturated heterocycles. The SMILES string of the molecule is B[P](=O)(O)[AlH]. The van der Waals surface area contributed by atoms with E-state index in [-0.39, 0.29) is 0 Å². The molecule has 5 heteroatoms. The van der Waals surface area contributed by atoms with Crippen LogP contribution in [-0.4, -0.2) is 28.3 Å². The van der Waals surface area contributed by atoms with E-state index in [2.05, 4.69) is 0 Å². The van der Waals surface area contributed by atoms with Gasteiger partial charge in [-0.05, 0) is 0 Å². The van der Waals surface area contributed by atoms with Gasteiger partial charge in [-0.3, -0.25) is 0 Å². The fraction of sp³-hybridized carbons (Fsp3) is 0. The van der Waals surface area contributed by atoms with Crippen LogP contribution >= 0.6 is 5.89 Å². The lowest BCUT2D eigenvalue weighted by Gasteiger charge is -1.87. The smallest absolute Gasteiger partial charge is 0.311 e. The fourth-order valence-electron chi connectivity index (χ4n) is 0. The summed E-state index contributed by atoms with van der Waals surface area (Å²) in [6, 6.07) is 0. The monoisotopic (exact) mass is 105 g/mol. The lowest BCUT2D eigenvalue weighted by Crippen LogP contribution is -1.69. The van der Waals surface area contributed by atoms with Gasteiger partial charge in [-0.25, -0.2) is 0 Å². The topological polar surface area (TPSA) is 37.3 Å². The number of hydrogen-bond donors (Lipinski definition) is 1. The summed E-state index contributed by atoms with van der Waals surface area (Å²) in [6.07, 6.45) is 0. The van der Waals surface area contributed by atoms with E-state index in [1.807, 2.05) is 0 Å². The first-order valence-electron chi connectivity index (χ1n) is 1.15. The Hall–Kier alpha value is 0.787. The van der Waals surface area contributed by atoms with Gasteiger partial charge >= 0.3 is 15.8 Å². The van der Waals surface area contributed by atoms with Crippen molar-refractivity contribution in [1.82, 2.24) is 0 Å². The normalized spacial score (nSPS) is 21.0. The lowest BCUT2D eigenvalue weighted by atomic mass is 10.8. The van der Waals surface area contributed by atoms with Crippen molar-refractivity contribution in [2.75, 3.05) is 0 Å². The molecular weight excluding hydrogens is 101 g/mol. The maximum absolute atomic E-state index is 9.78. The van der Waals surface area contributed by atoms with Crippen LogP contribution < -0.4 is 0 Å². The molecule has 1 radical (unpaired) electrons. The summed E-state index contributed by atoms with van der Waals surface area (Å²) >= 11 is 1.12. The summed E-state index contributed by atoms with van der Waals surface area (Å²) < 4.78 is 9.78. The summed E-state index contributed by atoms with van der Waals surface area (Å²) in [7, 11) is 1.31. The van der Waals surface area contributed by atoms with Crippen LogP contribution in [0.25, 0.3) is 0 Å². The third-order valence-corrected chi connectivity index (χ3v) is 0. The molecule has 0 fully saturated rings. The van der Waals surface area contributed by atoms with Gasteiger partial charge in [0.1, 0.15) is 0 Å². The van der Waals surface area contributed by atoms with E-state index in [9.17, 15) is 4.57 Å². The van der Waals surface area contributed by atoms with Gasteiger partial charge in [-0.15, -0.1) is 0 Å². The summed E-state index contributed by atoms with van der Waals surface area (Å²) in [6.45, 7) is 0. The van der Waals surface area contributed by atoms with E-state index < -0.39 is 5.89 Å². The van der Waals surface area contributed by atoms with Gasteiger partial charge in [0, 0.05) is 0 Å². The van der Waals surface area contributed by atoms with Crippen LogP contribution in [0, 0.1) is 0 Å². The van der Waals surface area contributed by atoms with Gasteiger partial charge in [-0.2, -0.15) is 0 Å². The molecule has 1 unspecified atom stereocenters. The van der Waals surface area contributed by atoms with Crippen molar-refractivity contribution in [3.8, 4) is 0 Å². The summed E-state index contributed by atoms with van der Waals surface area (Å²) in [4.78, 5) is 8.09. The third-order valence-electron chi connectivity index (χ3n) is 0. The molecule has 0 saturated carbocycles. The van der Waals surface area contributed by atoms with Gasteiger partial charge in [0.05, 0.1) is 5.89 Å². The van der Waals surface area contributed by atoms with Crippen molar-refractivity contribution >= 4 is 29.3 Å². The third kappa shape index (κ3) is 60.0. The van der Waals surface area contributed by atoms with Crippen molar-refractivity contribution in [3.63, 3.8) is 0 Å². The molecule has 0 aliphatic carbocycles. The highest BCUT2D eigenvalue weighted by atomic mass is 31.3. The Morgan fingerprint density at radius 1 is 2.00 bits per heavy atom. The van der Waals surface area contributed by atoms with E-state index >= 15 is 0 Å². The maximum Gasteiger partial charge on any atom is 0.311 e. The molecule has 2 nitrogen and oxygen atoms in total. The molecule has 0 aromatic heterocycles. The lowest BCUT2D eigenvalue weighted by molar-refractivity contribution is 0.511. The van der Waals surface area contributed by atoms with Gasteiger partial charge in [0.2, 0.25) is 0 Å². The van der Waals surface area contributed by atoms with Crippen molar-refractivity contribution in [2.24, 2.45) is 0 Å². The Morgan fingerprint density at radius 3 is 2.00 bits per heavy atom.